The van der Waals surface area contributed by atoms with Crippen LogP contribution in [0.15, 0.2) is 24.3 Å². The summed E-state index contributed by atoms with van der Waals surface area (Å²) in [6, 6.07) is 7.27. The van der Waals surface area contributed by atoms with Gasteiger partial charge in [-0.25, -0.2) is 8.78 Å². The van der Waals surface area contributed by atoms with Gasteiger partial charge in [-0.3, -0.25) is 0 Å². The minimum absolute atomic E-state index is 0.116. The molecule has 0 aliphatic heterocycles. The van der Waals surface area contributed by atoms with Crippen molar-refractivity contribution in [2.75, 3.05) is 0 Å². The summed E-state index contributed by atoms with van der Waals surface area (Å²) in [4.78, 5) is 0. The third kappa shape index (κ3) is 3.50. The van der Waals surface area contributed by atoms with Crippen LogP contribution in [0.4, 0.5) is 8.78 Å². The third-order valence-electron chi connectivity index (χ3n) is 3.35. The number of benzene rings is 1. The summed E-state index contributed by atoms with van der Waals surface area (Å²) < 4.78 is 25.0. The van der Waals surface area contributed by atoms with E-state index in [0.717, 1.165) is 11.5 Å². The summed E-state index contributed by atoms with van der Waals surface area (Å²) in [7, 11) is 0. The van der Waals surface area contributed by atoms with Crippen molar-refractivity contribution in [1.82, 2.24) is 5.32 Å². The highest BCUT2D eigenvalue weighted by atomic mass is 19.3. The predicted octanol–water partition coefficient (Wildman–Crippen LogP) is 3.90. The lowest BCUT2D eigenvalue weighted by molar-refractivity contribution is 0.151. The van der Waals surface area contributed by atoms with Crippen LogP contribution in [-0.2, 0) is 6.54 Å². The van der Waals surface area contributed by atoms with E-state index in [0.29, 0.717) is 12.6 Å². The van der Waals surface area contributed by atoms with Gasteiger partial charge in [-0.05, 0) is 30.4 Å². The van der Waals surface area contributed by atoms with Crippen molar-refractivity contribution in [3.8, 4) is 0 Å². The zero-order chi connectivity index (χ0) is 12.3. The summed E-state index contributed by atoms with van der Waals surface area (Å²) >= 11 is 0. The molecule has 0 saturated heterocycles. The Labute approximate surface area is 101 Å². The number of hydrogen-bond acceptors (Lipinski definition) is 1. The van der Waals surface area contributed by atoms with Crippen LogP contribution in [0, 0.1) is 5.92 Å². The molecular formula is C14H19F2N. The lowest BCUT2D eigenvalue weighted by atomic mass is 10.1. The van der Waals surface area contributed by atoms with Gasteiger partial charge in [-0.15, -0.1) is 0 Å². The predicted molar refractivity (Wildman–Crippen MR) is 65.0 cm³/mol. The molecule has 0 amide bonds. The molecule has 2 rings (SSSR count). The Hall–Kier alpha value is -0.960. The van der Waals surface area contributed by atoms with Crippen molar-refractivity contribution >= 4 is 0 Å². The molecular weight excluding hydrogens is 220 g/mol. The fraction of sp³-hybridized carbons (Fsp3) is 0.571. The van der Waals surface area contributed by atoms with E-state index >= 15 is 0 Å². The Balaban J connectivity index is 1.81. The highest BCUT2D eigenvalue weighted by Gasteiger charge is 2.35. The van der Waals surface area contributed by atoms with E-state index < -0.39 is 6.43 Å². The standard InChI is InChI=1S/C14H19F2N/c1-2-4-11-8-13(11)17-9-10-5-3-6-12(7-10)14(15)16/h3,5-7,11,13-14,17H,2,4,8-9H2,1H3. The second-order valence-electron chi connectivity index (χ2n) is 4.82. The second-order valence-corrected chi connectivity index (χ2v) is 4.82. The highest BCUT2D eigenvalue weighted by molar-refractivity contribution is 5.24. The summed E-state index contributed by atoms with van der Waals surface area (Å²) in [6.45, 7) is 2.90. The molecule has 0 bridgehead atoms. The van der Waals surface area contributed by atoms with Gasteiger partial charge in [0.2, 0.25) is 0 Å². The Kier molecular flexibility index (Phi) is 4.11. The van der Waals surface area contributed by atoms with Crippen LogP contribution in [0.3, 0.4) is 0 Å². The Bertz CT molecular complexity index is 365. The molecule has 17 heavy (non-hydrogen) atoms. The largest absolute Gasteiger partial charge is 0.310 e. The average Bonchev–Trinajstić information content (AvgIpc) is 3.06. The van der Waals surface area contributed by atoms with Crippen LogP contribution in [0.2, 0.25) is 0 Å². The van der Waals surface area contributed by atoms with Crippen LogP contribution in [0.25, 0.3) is 0 Å². The lowest BCUT2D eigenvalue weighted by Crippen LogP contribution is -2.17. The summed E-state index contributed by atoms with van der Waals surface area (Å²) in [5.74, 6) is 0.804. The van der Waals surface area contributed by atoms with E-state index in [9.17, 15) is 8.78 Å². The smallest absolute Gasteiger partial charge is 0.263 e. The number of nitrogens with one attached hydrogen (secondary N) is 1. The maximum absolute atomic E-state index is 12.5. The fourth-order valence-corrected chi connectivity index (χ4v) is 2.28. The second kappa shape index (κ2) is 5.58. The topological polar surface area (TPSA) is 12.0 Å². The Morgan fingerprint density at radius 1 is 1.41 bits per heavy atom. The highest BCUT2D eigenvalue weighted by Crippen LogP contribution is 2.34. The van der Waals surface area contributed by atoms with E-state index in [1.165, 1.54) is 25.3 Å². The number of rotatable bonds is 6. The van der Waals surface area contributed by atoms with Crippen molar-refractivity contribution in [1.29, 1.82) is 0 Å². The molecule has 1 aromatic rings. The van der Waals surface area contributed by atoms with Gasteiger partial charge in [0, 0.05) is 18.2 Å². The molecule has 1 saturated carbocycles. The molecule has 0 radical (unpaired) electrons. The molecule has 2 unspecified atom stereocenters. The van der Waals surface area contributed by atoms with E-state index in [2.05, 4.69) is 12.2 Å². The van der Waals surface area contributed by atoms with Gasteiger partial charge in [0.05, 0.1) is 0 Å². The first kappa shape index (κ1) is 12.5. The van der Waals surface area contributed by atoms with Crippen LogP contribution in [-0.4, -0.2) is 6.04 Å². The molecule has 0 heterocycles. The summed E-state index contributed by atoms with van der Waals surface area (Å²) in [5.41, 5.74) is 1.06. The third-order valence-corrected chi connectivity index (χ3v) is 3.35. The molecule has 1 aliphatic rings. The van der Waals surface area contributed by atoms with E-state index in [4.69, 9.17) is 0 Å². The van der Waals surface area contributed by atoms with Gasteiger partial charge in [-0.1, -0.05) is 31.5 Å². The first-order chi connectivity index (χ1) is 8.20. The van der Waals surface area contributed by atoms with E-state index in [1.807, 2.05) is 6.07 Å². The maximum Gasteiger partial charge on any atom is 0.263 e. The summed E-state index contributed by atoms with van der Waals surface area (Å²) in [5, 5.41) is 3.43. The fourth-order valence-electron chi connectivity index (χ4n) is 2.28. The maximum atomic E-state index is 12.5. The molecule has 1 fully saturated rings. The molecule has 1 N–H and O–H groups in total. The molecule has 0 spiro atoms. The van der Waals surface area contributed by atoms with Crippen molar-refractivity contribution in [2.45, 2.75) is 45.2 Å². The minimum atomic E-state index is -2.37. The van der Waals surface area contributed by atoms with Gasteiger partial charge in [-0.2, -0.15) is 0 Å². The van der Waals surface area contributed by atoms with Gasteiger partial charge >= 0.3 is 0 Å². The van der Waals surface area contributed by atoms with Crippen molar-refractivity contribution in [3.63, 3.8) is 0 Å². The van der Waals surface area contributed by atoms with Crippen LogP contribution >= 0.6 is 0 Å². The number of halogens is 2. The number of hydrogen-bond donors (Lipinski definition) is 1. The zero-order valence-corrected chi connectivity index (χ0v) is 10.1. The Morgan fingerprint density at radius 2 is 2.24 bits per heavy atom. The van der Waals surface area contributed by atoms with Crippen LogP contribution in [0.5, 0.6) is 0 Å². The molecule has 2 atom stereocenters. The minimum Gasteiger partial charge on any atom is -0.310 e. The first-order valence-corrected chi connectivity index (χ1v) is 6.31. The quantitative estimate of drug-likeness (QED) is 0.793. The summed E-state index contributed by atoms with van der Waals surface area (Å²) in [6.07, 6.45) is 1.37. The van der Waals surface area contributed by atoms with Crippen molar-refractivity contribution in [2.24, 2.45) is 5.92 Å². The molecule has 1 nitrogen and oxygen atoms in total. The lowest BCUT2D eigenvalue weighted by Gasteiger charge is -2.06. The van der Waals surface area contributed by atoms with Gasteiger partial charge in [0.1, 0.15) is 0 Å². The SMILES string of the molecule is CCCC1CC1NCc1cccc(C(F)F)c1. The average molecular weight is 239 g/mol. The molecule has 1 aliphatic carbocycles. The van der Waals surface area contributed by atoms with Gasteiger partial charge in [0.25, 0.3) is 6.43 Å². The van der Waals surface area contributed by atoms with E-state index in [1.54, 1.807) is 12.1 Å². The van der Waals surface area contributed by atoms with Crippen LogP contribution < -0.4 is 5.32 Å². The molecule has 1 aromatic carbocycles. The zero-order valence-electron chi connectivity index (χ0n) is 10.1. The van der Waals surface area contributed by atoms with Gasteiger partial charge < -0.3 is 5.32 Å². The first-order valence-electron chi connectivity index (χ1n) is 6.31. The molecule has 94 valence electrons. The van der Waals surface area contributed by atoms with Gasteiger partial charge in [0.15, 0.2) is 0 Å². The number of alkyl halides is 2. The molecule has 0 aromatic heterocycles. The molecule has 3 heteroatoms. The van der Waals surface area contributed by atoms with Crippen molar-refractivity contribution in [3.05, 3.63) is 35.4 Å². The van der Waals surface area contributed by atoms with Crippen molar-refractivity contribution < 1.29 is 8.78 Å². The monoisotopic (exact) mass is 239 g/mol. The van der Waals surface area contributed by atoms with Crippen LogP contribution in [0.1, 0.15) is 43.7 Å². The van der Waals surface area contributed by atoms with E-state index in [-0.39, 0.29) is 5.56 Å². The Morgan fingerprint density at radius 3 is 2.94 bits per heavy atom. The normalized spacial score (nSPS) is 23.1.